The van der Waals surface area contributed by atoms with Crippen LogP contribution in [0.2, 0.25) is 0 Å². The van der Waals surface area contributed by atoms with Crippen LogP contribution in [0.4, 0.5) is 0 Å². The summed E-state index contributed by atoms with van der Waals surface area (Å²) in [5, 5.41) is 2.78. The Morgan fingerprint density at radius 2 is 2.33 bits per heavy atom. The largest absolute Gasteiger partial charge is 0.370 e. The van der Waals surface area contributed by atoms with Crippen molar-refractivity contribution in [2.45, 2.75) is 13.8 Å². The van der Waals surface area contributed by atoms with Crippen molar-refractivity contribution in [2.24, 2.45) is 5.92 Å². The van der Waals surface area contributed by atoms with Gasteiger partial charge >= 0.3 is 0 Å². The molecule has 1 fully saturated rings. The summed E-state index contributed by atoms with van der Waals surface area (Å²) in [5.74, 6) is 0.0149. The standard InChI is InChI=1S/C10H18N2O3/c1-8(2)10(14)11-3-4-12-5-6-15-7-9(12)13/h8H,3-7H2,1-2H3,(H,11,14). The monoisotopic (exact) mass is 214 g/mol. The molecule has 1 rings (SSSR count). The second-order valence-corrected chi connectivity index (χ2v) is 3.88. The Bertz CT molecular complexity index is 241. The van der Waals surface area contributed by atoms with Crippen molar-refractivity contribution < 1.29 is 14.3 Å². The normalized spacial score (nSPS) is 17.0. The molecule has 15 heavy (non-hydrogen) atoms. The molecule has 0 bridgehead atoms. The van der Waals surface area contributed by atoms with Crippen LogP contribution in [0.5, 0.6) is 0 Å². The summed E-state index contributed by atoms with van der Waals surface area (Å²) in [7, 11) is 0. The molecule has 0 aromatic heterocycles. The van der Waals surface area contributed by atoms with Crippen LogP contribution in [0.1, 0.15) is 13.8 Å². The predicted octanol–water partition coefficient (Wildman–Crippen LogP) is -0.383. The number of ether oxygens (including phenoxy) is 1. The molecular formula is C10H18N2O3. The number of morpholine rings is 1. The van der Waals surface area contributed by atoms with E-state index in [1.807, 2.05) is 13.8 Å². The molecular weight excluding hydrogens is 196 g/mol. The molecule has 0 spiro atoms. The fourth-order valence-corrected chi connectivity index (χ4v) is 1.30. The smallest absolute Gasteiger partial charge is 0.248 e. The van der Waals surface area contributed by atoms with Crippen molar-refractivity contribution in [3.63, 3.8) is 0 Å². The predicted molar refractivity (Wildman–Crippen MR) is 55.2 cm³/mol. The van der Waals surface area contributed by atoms with Gasteiger partial charge in [-0.25, -0.2) is 0 Å². The van der Waals surface area contributed by atoms with E-state index in [1.54, 1.807) is 4.90 Å². The summed E-state index contributed by atoms with van der Waals surface area (Å²) in [6.07, 6.45) is 0. The molecule has 1 aliphatic rings. The molecule has 0 aliphatic carbocycles. The molecule has 1 aliphatic heterocycles. The van der Waals surface area contributed by atoms with Crippen LogP contribution in [0.15, 0.2) is 0 Å². The summed E-state index contributed by atoms with van der Waals surface area (Å²) in [5.41, 5.74) is 0. The number of nitrogens with zero attached hydrogens (tertiary/aromatic N) is 1. The SMILES string of the molecule is CC(C)C(=O)NCCN1CCOCC1=O. The third-order valence-corrected chi connectivity index (χ3v) is 2.29. The van der Waals surface area contributed by atoms with Crippen molar-refractivity contribution >= 4 is 11.8 Å². The molecule has 0 atom stereocenters. The van der Waals surface area contributed by atoms with Crippen LogP contribution in [-0.2, 0) is 14.3 Å². The molecule has 0 unspecified atom stereocenters. The van der Waals surface area contributed by atoms with E-state index in [4.69, 9.17) is 4.74 Å². The molecule has 2 amide bonds. The van der Waals surface area contributed by atoms with Crippen molar-refractivity contribution in [3.8, 4) is 0 Å². The highest BCUT2D eigenvalue weighted by atomic mass is 16.5. The highest BCUT2D eigenvalue weighted by molar-refractivity contribution is 5.79. The maximum absolute atomic E-state index is 11.3. The minimum atomic E-state index is -0.00890. The summed E-state index contributed by atoms with van der Waals surface area (Å²) >= 11 is 0. The zero-order valence-corrected chi connectivity index (χ0v) is 9.28. The molecule has 5 nitrogen and oxygen atoms in total. The lowest BCUT2D eigenvalue weighted by Gasteiger charge is -2.26. The van der Waals surface area contributed by atoms with E-state index in [0.717, 1.165) is 0 Å². The second kappa shape index (κ2) is 5.70. The molecule has 1 heterocycles. The summed E-state index contributed by atoms with van der Waals surface area (Å²) in [6.45, 7) is 6.15. The van der Waals surface area contributed by atoms with E-state index in [1.165, 1.54) is 0 Å². The second-order valence-electron chi connectivity index (χ2n) is 3.88. The highest BCUT2D eigenvalue weighted by Gasteiger charge is 2.18. The summed E-state index contributed by atoms with van der Waals surface area (Å²) in [4.78, 5) is 24.2. The van der Waals surface area contributed by atoms with Crippen LogP contribution < -0.4 is 5.32 Å². The van der Waals surface area contributed by atoms with Crippen molar-refractivity contribution in [1.82, 2.24) is 10.2 Å². The van der Waals surface area contributed by atoms with Gasteiger partial charge in [-0.15, -0.1) is 0 Å². The van der Waals surface area contributed by atoms with Crippen LogP contribution >= 0.6 is 0 Å². The number of carbonyl (C=O) groups excluding carboxylic acids is 2. The van der Waals surface area contributed by atoms with Crippen molar-refractivity contribution in [3.05, 3.63) is 0 Å². The fraction of sp³-hybridized carbons (Fsp3) is 0.800. The molecule has 0 aromatic carbocycles. The van der Waals surface area contributed by atoms with Gasteiger partial charge in [-0.2, -0.15) is 0 Å². The van der Waals surface area contributed by atoms with E-state index >= 15 is 0 Å². The molecule has 1 saturated heterocycles. The number of hydrogen-bond donors (Lipinski definition) is 1. The number of carbonyl (C=O) groups is 2. The van der Waals surface area contributed by atoms with Crippen LogP contribution in [-0.4, -0.2) is 49.6 Å². The lowest BCUT2D eigenvalue weighted by molar-refractivity contribution is -0.142. The van der Waals surface area contributed by atoms with Crippen LogP contribution in [0, 0.1) is 5.92 Å². The number of nitrogens with one attached hydrogen (secondary N) is 1. The lowest BCUT2D eigenvalue weighted by Crippen LogP contribution is -2.45. The summed E-state index contributed by atoms with van der Waals surface area (Å²) < 4.78 is 5.00. The van der Waals surface area contributed by atoms with Crippen LogP contribution in [0.3, 0.4) is 0 Å². The van der Waals surface area contributed by atoms with Gasteiger partial charge in [0.1, 0.15) is 6.61 Å². The first-order valence-electron chi connectivity index (χ1n) is 5.24. The maximum Gasteiger partial charge on any atom is 0.248 e. The highest BCUT2D eigenvalue weighted by Crippen LogP contribution is 1.97. The molecule has 0 saturated carbocycles. The Balaban J connectivity index is 2.19. The third-order valence-electron chi connectivity index (χ3n) is 2.29. The molecule has 1 N–H and O–H groups in total. The molecule has 5 heteroatoms. The molecule has 0 radical (unpaired) electrons. The Hall–Kier alpha value is -1.10. The summed E-state index contributed by atoms with van der Waals surface area (Å²) in [6, 6.07) is 0. The van der Waals surface area contributed by atoms with E-state index < -0.39 is 0 Å². The van der Waals surface area contributed by atoms with Crippen molar-refractivity contribution in [2.75, 3.05) is 32.8 Å². The van der Waals surface area contributed by atoms with Gasteiger partial charge < -0.3 is 15.0 Å². The molecule has 86 valence electrons. The first kappa shape index (κ1) is 12.0. The van der Waals surface area contributed by atoms with Gasteiger partial charge in [0.2, 0.25) is 11.8 Å². The average molecular weight is 214 g/mol. The zero-order chi connectivity index (χ0) is 11.3. The quantitative estimate of drug-likeness (QED) is 0.694. The lowest BCUT2D eigenvalue weighted by atomic mass is 10.2. The molecule has 0 aromatic rings. The zero-order valence-electron chi connectivity index (χ0n) is 9.28. The van der Waals surface area contributed by atoms with Crippen molar-refractivity contribution in [1.29, 1.82) is 0 Å². The third kappa shape index (κ3) is 3.87. The number of rotatable bonds is 4. The van der Waals surface area contributed by atoms with E-state index in [0.29, 0.717) is 26.2 Å². The van der Waals surface area contributed by atoms with Gasteiger partial charge in [0.15, 0.2) is 0 Å². The Morgan fingerprint density at radius 3 is 2.93 bits per heavy atom. The van der Waals surface area contributed by atoms with E-state index in [2.05, 4.69) is 5.32 Å². The topological polar surface area (TPSA) is 58.6 Å². The Morgan fingerprint density at radius 1 is 1.60 bits per heavy atom. The minimum absolute atomic E-state index is 0.0000425. The number of amides is 2. The first-order chi connectivity index (χ1) is 7.11. The van der Waals surface area contributed by atoms with Gasteiger partial charge in [-0.1, -0.05) is 13.8 Å². The fourth-order valence-electron chi connectivity index (χ4n) is 1.30. The maximum atomic E-state index is 11.3. The van der Waals surface area contributed by atoms with Gasteiger partial charge in [0.25, 0.3) is 0 Å². The van der Waals surface area contributed by atoms with E-state index in [9.17, 15) is 9.59 Å². The van der Waals surface area contributed by atoms with Gasteiger partial charge in [0.05, 0.1) is 6.61 Å². The number of hydrogen-bond acceptors (Lipinski definition) is 3. The average Bonchev–Trinajstić information content (AvgIpc) is 2.20. The van der Waals surface area contributed by atoms with E-state index in [-0.39, 0.29) is 24.3 Å². The van der Waals surface area contributed by atoms with Gasteiger partial charge in [-0.05, 0) is 0 Å². The van der Waals surface area contributed by atoms with Crippen LogP contribution in [0.25, 0.3) is 0 Å². The Labute approximate surface area is 89.8 Å². The first-order valence-corrected chi connectivity index (χ1v) is 5.24. The van der Waals surface area contributed by atoms with Gasteiger partial charge in [-0.3, -0.25) is 9.59 Å². The Kier molecular flexibility index (Phi) is 4.55. The minimum Gasteiger partial charge on any atom is -0.370 e. The van der Waals surface area contributed by atoms with Gasteiger partial charge in [0, 0.05) is 25.6 Å².